The predicted molar refractivity (Wildman–Crippen MR) is 90.8 cm³/mol. The maximum atomic E-state index is 12.2. The van der Waals surface area contributed by atoms with Crippen molar-refractivity contribution in [3.05, 3.63) is 28.5 Å². The summed E-state index contributed by atoms with van der Waals surface area (Å²) in [5.74, 6) is 0.888. The van der Waals surface area contributed by atoms with Gasteiger partial charge in [0.2, 0.25) is 0 Å². The van der Waals surface area contributed by atoms with Gasteiger partial charge in [0.05, 0.1) is 0 Å². The lowest BCUT2D eigenvalue weighted by molar-refractivity contribution is -0.121. The Kier molecular flexibility index (Phi) is 3.18. The Bertz CT molecular complexity index is 762. The highest BCUT2D eigenvalue weighted by Crippen LogP contribution is 2.42. The minimum Gasteiger partial charge on any atom is -0.507 e. The summed E-state index contributed by atoms with van der Waals surface area (Å²) in [7, 11) is 1.72. The second-order valence-corrected chi connectivity index (χ2v) is 6.55. The molecule has 0 saturated carbocycles. The molecule has 3 aliphatic heterocycles. The summed E-state index contributed by atoms with van der Waals surface area (Å²) in [5, 5.41) is 10.7. The molecule has 0 aromatic heterocycles. The van der Waals surface area contributed by atoms with Gasteiger partial charge in [-0.15, -0.1) is 0 Å². The van der Waals surface area contributed by atoms with Gasteiger partial charge in [0.15, 0.2) is 0 Å². The number of phenols is 1. The molecule has 0 radical (unpaired) electrons. The number of aryl methyl sites for hydroxylation is 1. The van der Waals surface area contributed by atoms with Crippen LogP contribution in [-0.4, -0.2) is 41.9 Å². The highest BCUT2D eigenvalue weighted by atomic mass is 16.3. The van der Waals surface area contributed by atoms with Crippen LogP contribution in [0.2, 0.25) is 0 Å². The molecule has 0 spiro atoms. The van der Waals surface area contributed by atoms with Crippen LogP contribution in [-0.2, 0) is 17.6 Å². The Labute approximate surface area is 135 Å². The second-order valence-electron chi connectivity index (χ2n) is 6.55. The third-order valence-corrected chi connectivity index (χ3v) is 5.11. The number of carbonyl (C=O) groups is 1. The Morgan fingerprint density at radius 2 is 2.00 bits per heavy atom. The Morgan fingerprint density at radius 3 is 2.70 bits per heavy atom. The van der Waals surface area contributed by atoms with Crippen LogP contribution in [0.15, 0.2) is 16.8 Å². The average Bonchev–Trinajstić information content (AvgIpc) is 2.79. The molecule has 0 bridgehead atoms. The van der Waals surface area contributed by atoms with Crippen LogP contribution in [0, 0.1) is 0 Å². The molecule has 1 N–H and O–H groups in total. The molecular formula is C18H21N3O2. The molecule has 0 fully saturated rings. The average molecular weight is 311 g/mol. The normalized spacial score (nSPS) is 21.7. The number of hydrogen-bond donors (Lipinski definition) is 1. The summed E-state index contributed by atoms with van der Waals surface area (Å²) in [6, 6.07) is 2.04. The lowest BCUT2D eigenvalue weighted by Crippen LogP contribution is -2.34. The quantitative estimate of drug-likeness (QED) is 0.810. The van der Waals surface area contributed by atoms with Gasteiger partial charge >= 0.3 is 0 Å². The zero-order valence-corrected chi connectivity index (χ0v) is 13.6. The number of anilines is 1. The molecule has 4 rings (SSSR count). The zero-order valence-electron chi connectivity index (χ0n) is 13.6. The third kappa shape index (κ3) is 2.14. The van der Waals surface area contributed by atoms with Crippen molar-refractivity contribution in [3.63, 3.8) is 0 Å². The molecule has 0 atom stereocenters. The summed E-state index contributed by atoms with van der Waals surface area (Å²) in [6.45, 7) is 3.96. The van der Waals surface area contributed by atoms with E-state index in [1.807, 2.05) is 13.0 Å². The van der Waals surface area contributed by atoms with Crippen molar-refractivity contribution in [1.82, 2.24) is 4.90 Å². The Balaban J connectivity index is 1.84. The number of aliphatic imine (C=N–C) groups is 1. The van der Waals surface area contributed by atoms with E-state index in [0.717, 1.165) is 49.9 Å². The maximum absolute atomic E-state index is 12.2. The largest absolute Gasteiger partial charge is 0.507 e. The first-order chi connectivity index (χ1) is 11.1. The third-order valence-electron chi connectivity index (χ3n) is 5.11. The van der Waals surface area contributed by atoms with Crippen LogP contribution in [0.25, 0.3) is 6.08 Å². The molecule has 5 heteroatoms. The van der Waals surface area contributed by atoms with Gasteiger partial charge in [-0.3, -0.25) is 9.69 Å². The number of nitrogens with zero attached hydrogens (tertiary/aromatic N) is 3. The van der Waals surface area contributed by atoms with E-state index in [1.165, 1.54) is 16.2 Å². The Hall–Kier alpha value is -2.30. The topological polar surface area (TPSA) is 56.1 Å². The zero-order chi connectivity index (χ0) is 16.1. The summed E-state index contributed by atoms with van der Waals surface area (Å²) in [6.07, 6.45) is 5.88. The highest BCUT2D eigenvalue weighted by Gasteiger charge is 2.29. The maximum Gasteiger partial charge on any atom is 0.277 e. The standard InChI is InChI=1S/C18H21N3O2/c1-11-19-15(18(23)20(11)2)10-13-9-12-5-3-7-21-8-4-6-14(16(12)21)17(13)22/h9-10,22H,3-8H2,1-2H3/b15-10-. The molecule has 0 aliphatic carbocycles. The Morgan fingerprint density at radius 1 is 1.26 bits per heavy atom. The van der Waals surface area contributed by atoms with Crippen LogP contribution in [0.1, 0.15) is 36.5 Å². The van der Waals surface area contributed by atoms with E-state index in [0.29, 0.717) is 17.3 Å². The van der Waals surface area contributed by atoms with E-state index in [-0.39, 0.29) is 5.91 Å². The minimum absolute atomic E-state index is 0.116. The van der Waals surface area contributed by atoms with Gasteiger partial charge in [0, 0.05) is 37.0 Å². The number of carbonyl (C=O) groups excluding carboxylic acids is 1. The summed E-state index contributed by atoms with van der Waals surface area (Å²) < 4.78 is 0. The van der Waals surface area contributed by atoms with E-state index in [4.69, 9.17) is 0 Å². The van der Waals surface area contributed by atoms with Crippen molar-refractivity contribution in [2.45, 2.75) is 32.6 Å². The predicted octanol–water partition coefficient (Wildman–Crippen LogP) is 2.32. The molecule has 1 aromatic rings. The molecule has 0 unspecified atom stereocenters. The molecule has 3 heterocycles. The number of hydrogen-bond acceptors (Lipinski definition) is 4. The number of likely N-dealkylation sites (N-methyl/N-ethyl adjacent to an activating group) is 1. The first-order valence-corrected chi connectivity index (χ1v) is 8.24. The first-order valence-electron chi connectivity index (χ1n) is 8.24. The number of phenolic OH excluding ortho intramolecular Hbond substituents is 1. The fraction of sp³-hybridized carbons (Fsp3) is 0.444. The van der Waals surface area contributed by atoms with Crippen LogP contribution in [0.3, 0.4) is 0 Å². The smallest absolute Gasteiger partial charge is 0.277 e. The van der Waals surface area contributed by atoms with Crippen molar-refractivity contribution in [3.8, 4) is 5.75 Å². The van der Waals surface area contributed by atoms with Crippen molar-refractivity contribution < 1.29 is 9.90 Å². The van der Waals surface area contributed by atoms with Crippen LogP contribution >= 0.6 is 0 Å². The van der Waals surface area contributed by atoms with Gasteiger partial charge in [-0.05, 0) is 50.3 Å². The minimum atomic E-state index is -0.116. The molecular weight excluding hydrogens is 290 g/mol. The molecule has 5 nitrogen and oxygen atoms in total. The lowest BCUT2D eigenvalue weighted by atomic mass is 9.89. The molecule has 1 amide bonds. The van der Waals surface area contributed by atoms with Crippen LogP contribution in [0.4, 0.5) is 5.69 Å². The second kappa shape index (κ2) is 5.11. The number of amidine groups is 1. The SMILES string of the molecule is CC1=N/C(=C\c2cc3c4c(c2O)CCCN4CCC3)C(=O)N1C. The van der Waals surface area contributed by atoms with E-state index >= 15 is 0 Å². The van der Waals surface area contributed by atoms with E-state index < -0.39 is 0 Å². The van der Waals surface area contributed by atoms with Crippen molar-refractivity contribution >= 4 is 23.5 Å². The molecule has 23 heavy (non-hydrogen) atoms. The summed E-state index contributed by atoms with van der Waals surface area (Å²) >= 11 is 0. The van der Waals surface area contributed by atoms with Gasteiger partial charge in [0.1, 0.15) is 17.3 Å². The fourth-order valence-corrected chi connectivity index (χ4v) is 3.84. The van der Waals surface area contributed by atoms with Crippen molar-refractivity contribution in [2.24, 2.45) is 4.99 Å². The van der Waals surface area contributed by atoms with Crippen molar-refractivity contribution in [1.29, 1.82) is 0 Å². The van der Waals surface area contributed by atoms with Crippen LogP contribution < -0.4 is 4.90 Å². The van der Waals surface area contributed by atoms with Gasteiger partial charge in [-0.1, -0.05) is 0 Å². The molecule has 3 aliphatic rings. The number of aromatic hydroxyl groups is 1. The van der Waals surface area contributed by atoms with E-state index in [2.05, 4.69) is 9.89 Å². The molecule has 120 valence electrons. The number of rotatable bonds is 1. The molecule has 1 aromatic carbocycles. The monoisotopic (exact) mass is 311 g/mol. The number of amides is 1. The molecule has 0 saturated heterocycles. The van der Waals surface area contributed by atoms with E-state index in [1.54, 1.807) is 13.1 Å². The summed E-state index contributed by atoms with van der Waals surface area (Å²) in [4.78, 5) is 20.4. The van der Waals surface area contributed by atoms with Gasteiger partial charge < -0.3 is 10.0 Å². The first kappa shape index (κ1) is 14.3. The van der Waals surface area contributed by atoms with E-state index in [9.17, 15) is 9.90 Å². The van der Waals surface area contributed by atoms with Gasteiger partial charge in [-0.2, -0.15) is 0 Å². The van der Waals surface area contributed by atoms with Gasteiger partial charge in [-0.25, -0.2) is 4.99 Å². The highest BCUT2D eigenvalue weighted by molar-refractivity contribution is 6.13. The van der Waals surface area contributed by atoms with Crippen LogP contribution in [0.5, 0.6) is 5.75 Å². The van der Waals surface area contributed by atoms with Gasteiger partial charge in [0.25, 0.3) is 5.91 Å². The fourth-order valence-electron chi connectivity index (χ4n) is 3.84. The summed E-state index contributed by atoms with van der Waals surface area (Å²) in [5.41, 5.74) is 4.68. The van der Waals surface area contributed by atoms with Crippen molar-refractivity contribution in [2.75, 3.05) is 25.0 Å². The number of benzene rings is 1. The lowest BCUT2D eigenvalue weighted by Gasteiger charge is -2.37.